The van der Waals surface area contributed by atoms with Crippen LogP contribution in [0.25, 0.3) is 21.7 Å². The first-order valence-electron chi connectivity index (χ1n) is 5.30. The van der Waals surface area contributed by atoms with Gasteiger partial charge >= 0.3 is 0 Å². The average molecular weight is 280 g/mol. The molecule has 0 aliphatic rings. The molecule has 0 radical (unpaired) electrons. The van der Waals surface area contributed by atoms with E-state index in [0.29, 0.717) is 0 Å². The van der Waals surface area contributed by atoms with E-state index in [-0.39, 0.29) is 0 Å². The summed E-state index contributed by atoms with van der Waals surface area (Å²) in [5, 5.41) is 3.72. The van der Waals surface area contributed by atoms with Crippen molar-refractivity contribution >= 4 is 21.7 Å². The van der Waals surface area contributed by atoms with Crippen LogP contribution in [0.5, 0.6) is 0 Å². The van der Waals surface area contributed by atoms with E-state index in [2.05, 4.69) is 47.4 Å². The van der Waals surface area contributed by atoms with Crippen LogP contribution >= 0.6 is 0 Å². The van der Waals surface area contributed by atoms with Crippen molar-refractivity contribution in [3.8, 4) is 0 Å². The van der Waals surface area contributed by atoms with Gasteiger partial charge in [0.25, 0.3) is 0 Å². The SMILES string of the molecule is [O-][Cl+3]([O-])([O-])O.c1ccc2cc3ncccc3cc2c1. The van der Waals surface area contributed by atoms with Crippen molar-refractivity contribution in [1.82, 2.24) is 4.98 Å². The van der Waals surface area contributed by atoms with Crippen LogP contribution in [0.15, 0.2) is 54.7 Å². The lowest BCUT2D eigenvalue weighted by molar-refractivity contribution is -1.92. The van der Waals surface area contributed by atoms with Crippen LogP contribution < -0.4 is 14.0 Å². The van der Waals surface area contributed by atoms with Gasteiger partial charge in [0.1, 0.15) is 0 Å². The van der Waals surface area contributed by atoms with E-state index in [1.54, 1.807) is 0 Å². The van der Waals surface area contributed by atoms with Crippen molar-refractivity contribution in [3.63, 3.8) is 0 Å². The van der Waals surface area contributed by atoms with E-state index in [0.717, 1.165) is 5.52 Å². The number of rotatable bonds is 0. The predicted octanol–water partition coefficient (Wildman–Crippen LogP) is -0.736. The quantitative estimate of drug-likeness (QED) is 0.546. The fourth-order valence-corrected chi connectivity index (χ4v) is 1.76. The van der Waals surface area contributed by atoms with Crippen LogP contribution in [0.3, 0.4) is 0 Å². The molecular weight excluding hydrogens is 270 g/mol. The highest BCUT2D eigenvalue weighted by Gasteiger charge is 1.99. The molecule has 98 valence electrons. The Morgan fingerprint density at radius 3 is 2.00 bits per heavy atom. The minimum absolute atomic E-state index is 1.06. The monoisotopic (exact) mass is 279 g/mol. The zero-order valence-electron chi connectivity index (χ0n) is 9.69. The molecule has 0 unspecified atom stereocenters. The van der Waals surface area contributed by atoms with Crippen molar-refractivity contribution in [2.45, 2.75) is 0 Å². The van der Waals surface area contributed by atoms with Gasteiger partial charge in [0.05, 0.1) is 20.4 Å². The molecule has 5 nitrogen and oxygen atoms in total. The van der Waals surface area contributed by atoms with Gasteiger partial charge in [-0.25, -0.2) is 0 Å². The summed E-state index contributed by atoms with van der Waals surface area (Å²) in [6.45, 7) is 0. The third-order valence-electron chi connectivity index (χ3n) is 2.47. The Kier molecular flexibility index (Phi) is 3.94. The lowest BCUT2D eigenvalue weighted by atomic mass is 10.1. The van der Waals surface area contributed by atoms with Gasteiger partial charge in [0.2, 0.25) is 0 Å². The van der Waals surface area contributed by atoms with Gasteiger partial charge in [-0.3, -0.25) is 4.98 Å². The Bertz CT molecular complexity index is 586. The Hall–Kier alpha value is -1.76. The van der Waals surface area contributed by atoms with Gasteiger partial charge in [0.15, 0.2) is 0 Å². The zero-order chi connectivity index (χ0) is 13.9. The molecule has 0 bridgehead atoms. The number of aromatic nitrogens is 1. The second-order valence-electron chi connectivity index (χ2n) is 3.79. The summed E-state index contributed by atoms with van der Waals surface area (Å²) in [6.07, 6.45) is 1.83. The second-order valence-corrected chi connectivity index (χ2v) is 4.58. The van der Waals surface area contributed by atoms with E-state index in [1.165, 1.54) is 16.2 Å². The van der Waals surface area contributed by atoms with E-state index in [1.807, 2.05) is 12.3 Å². The van der Waals surface area contributed by atoms with Crippen molar-refractivity contribution in [2.24, 2.45) is 0 Å². The zero-order valence-corrected chi connectivity index (χ0v) is 10.4. The maximum atomic E-state index is 8.60. The third-order valence-corrected chi connectivity index (χ3v) is 2.47. The van der Waals surface area contributed by atoms with E-state index in [4.69, 9.17) is 18.6 Å². The van der Waals surface area contributed by atoms with Crippen molar-refractivity contribution < 1.29 is 28.9 Å². The summed E-state index contributed by atoms with van der Waals surface area (Å²) in [6, 6.07) is 16.7. The van der Waals surface area contributed by atoms with Gasteiger partial charge < -0.3 is 0 Å². The fourth-order valence-electron chi connectivity index (χ4n) is 1.76. The molecule has 0 fully saturated rings. The van der Waals surface area contributed by atoms with Crippen molar-refractivity contribution in [2.75, 3.05) is 0 Å². The molecule has 0 aliphatic carbocycles. The number of halogens is 1. The van der Waals surface area contributed by atoms with Crippen LogP contribution in [0.4, 0.5) is 0 Å². The van der Waals surface area contributed by atoms with E-state index in [9.17, 15) is 0 Å². The molecule has 19 heavy (non-hydrogen) atoms. The van der Waals surface area contributed by atoms with Crippen LogP contribution in [-0.4, -0.2) is 9.64 Å². The second kappa shape index (κ2) is 5.48. The molecule has 0 saturated carbocycles. The Balaban J connectivity index is 0.000000232. The summed E-state index contributed by atoms with van der Waals surface area (Å²) in [5.74, 6) is 0. The molecule has 1 aromatic heterocycles. The fraction of sp³-hybridized carbons (Fsp3) is 0. The molecule has 0 aliphatic heterocycles. The van der Waals surface area contributed by atoms with Gasteiger partial charge in [0, 0.05) is 11.6 Å². The van der Waals surface area contributed by atoms with Gasteiger partial charge in [-0.05, 0) is 29.0 Å². The molecule has 3 rings (SSSR count). The normalized spacial score (nSPS) is 11.2. The molecule has 6 heteroatoms. The summed E-state index contributed by atoms with van der Waals surface area (Å²) in [7, 11) is -4.69. The molecule has 0 saturated heterocycles. The third kappa shape index (κ3) is 4.13. The number of fused-ring (bicyclic) bond motifs is 2. The standard InChI is InChI=1S/C13H9N.ClHO4/c1-2-5-11-9-13-12(6-3-7-14-13)8-10(11)4-1;2-1(3,4)5/h1-9H;(H,2,3,4,5). The molecule has 0 spiro atoms. The van der Waals surface area contributed by atoms with Crippen LogP contribution in [0.2, 0.25) is 0 Å². The van der Waals surface area contributed by atoms with Gasteiger partial charge in [-0.15, -0.1) is 0 Å². The smallest absolute Gasteiger partial charge is 0.0777 e. The molecule has 3 aromatic rings. The molecule has 1 heterocycles. The van der Waals surface area contributed by atoms with E-state index >= 15 is 0 Å². The summed E-state index contributed by atoms with van der Waals surface area (Å²) in [5.41, 5.74) is 1.06. The number of hydrogen-bond donors (Lipinski definition) is 1. The first-order valence-corrected chi connectivity index (χ1v) is 6.57. The number of hydrogen-bond acceptors (Lipinski definition) is 5. The number of pyridine rings is 1. The molecular formula is C13H10ClNO4. The Labute approximate surface area is 111 Å². The van der Waals surface area contributed by atoms with Gasteiger partial charge in [-0.2, -0.15) is 14.0 Å². The molecule has 0 atom stereocenters. The minimum atomic E-state index is -4.69. The topological polar surface area (TPSA) is 102 Å². The lowest BCUT2D eigenvalue weighted by Gasteiger charge is -2.03. The van der Waals surface area contributed by atoms with Crippen molar-refractivity contribution in [1.29, 1.82) is 0 Å². The van der Waals surface area contributed by atoms with Crippen molar-refractivity contribution in [3.05, 3.63) is 54.7 Å². The van der Waals surface area contributed by atoms with Crippen LogP contribution in [-0.2, 0) is 0 Å². The number of nitrogens with zero attached hydrogens (tertiary/aromatic N) is 1. The maximum absolute atomic E-state index is 8.60. The average Bonchev–Trinajstić information content (AvgIpc) is 2.34. The predicted molar refractivity (Wildman–Crippen MR) is 61.5 cm³/mol. The summed E-state index contributed by atoms with van der Waals surface area (Å²) >= 11 is 0. The summed E-state index contributed by atoms with van der Waals surface area (Å²) in [4.78, 5) is 4.33. The number of benzene rings is 2. The summed E-state index contributed by atoms with van der Waals surface area (Å²) < 4.78 is 32.7. The Morgan fingerprint density at radius 1 is 0.842 bits per heavy atom. The van der Waals surface area contributed by atoms with Crippen LogP contribution in [0.1, 0.15) is 0 Å². The molecule has 2 aromatic carbocycles. The first-order chi connectivity index (χ1) is 8.93. The minimum Gasteiger partial charge on any atom is -0.256 e. The highest BCUT2D eigenvalue weighted by atomic mass is 35.7. The van der Waals surface area contributed by atoms with E-state index < -0.39 is 10.2 Å². The van der Waals surface area contributed by atoms with Crippen LogP contribution in [0, 0.1) is 10.2 Å². The molecule has 0 amide bonds. The van der Waals surface area contributed by atoms with Gasteiger partial charge in [-0.1, -0.05) is 30.3 Å². The molecule has 1 N–H and O–H groups in total. The highest BCUT2D eigenvalue weighted by Crippen LogP contribution is 2.20. The Morgan fingerprint density at radius 2 is 1.37 bits per heavy atom. The maximum Gasteiger partial charge on any atom is 0.0777 e. The lowest BCUT2D eigenvalue weighted by Crippen LogP contribution is -2.58. The highest BCUT2D eigenvalue weighted by molar-refractivity contribution is 5.96. The first kappa shape index (κ1) is 13.7. The largest absolute Gasteiger partial charge is 0.256 e.